The molecule has 0 saturated heterocycles. The summed E-state index contributed by atoms with van der Waals surface area (Å²) in [5.41, 5.74) is 0.779. The minimum Gasteiger partial charge on any atom is -0.495 e. The Balaban J connectivity index is 1.93. The van der Waals surface area contributed by atoms with Crippen molar-refractivity contribution in [1.29, 1.82) is 0 Å². The fourth-order valence-corrected chi connectivity index (χ4v) is 4.91. The number of methoxy groups -OCH3 is 1. The summed E-state index contributed by atoms with van der Waals surface area (Å²) in [6.07, 6.45) is 1.53. The molecule has 0 bridgehead atoms. The van der Waals surface area contributed by atoms with Crippen LogP contribution in [0.5, 0.6) is 5.75 Å². The van der Waals surface area contributed by atoms with Gasteiger partial charge in [0.25, 0.3) is 0 Å². The number of hydrogen-bond donors (Lipinski definition) is 1. The van der Waals surface area contributed by atoms with Crippen molar-refractivity contribution in [3.8, 4) is 5.75 Å². The zero-order valence-electron chi connectivity index (χ0n) is 16.4. The first-order valence-corrected chi connectivity index (χ1v) is 10.9. The van der Waals surface area contributed by atoms with E-state index in [-0.39, 0.29) is 10.8 Å². The minimum absolute atomic E-state index is 0.136. The molecule has 0 aromatic heterocycles. The molecule has 0 unspecified atom stereocenters. The highest BCUT2D eigenvalue weighted by Crippen LogP contribution is 2.49. The van der Waals surface area contributed by atoms with Crippen LogP contribution >= 0.6 is 0 Å². The van der Waals surface area contributed by atoms with Crippen LogP contribution in [0.1, 0.15) is 32.3 Å². The fraction of sp³-hybridized carbons (Fsp3) is 0.381. The third kappa shape index (κ3) is 3.64. The van der Waals surface area contributed by atoms with Crippen LogP contribution in [0.4, 0.5) is 5.69 Å². The highest BCUT2D eigenvalue weighted by atomic mass is 32.2. The van der Waals surface area contributed by atoms with E-state index in [1.165, 1.54) is 23.5 Å². The van der Waals surface area contributed by atoms with Crippen molar-refractivity contribution in [2.75, 3.05) is 25.5 Å². The lowest BCUT2D eigenvalue weighted by Gasteiger charge is -2.21. The third-order valence-electron chi connectivity index (χ3n) is 5.27. The molecule has 6 nitrogen and oxygen atoms in total. The van der Waals surface area contributed by atoms with Crippen LogP contribution in [-0.4, -0.2) is 38.8 Å². The number of carbonyl (C=O) groups excluding carboxylic acids is 1. The molecule has 3 rings (SSSR count). The molecule has 28 heavy (non-hydrogen) atoms. The highest BCUT2D eigenvalue weighted by molar-refractivity contribution is 7.89. The van der Waals surface area contributed by atoms with E-state index in [1.54, 1.807) is 19.9 Å². The third-order valence-corrected chi connectivity index (χ3v) is 7.32. The summed E-state index contributed by atoms with van der Waals surface area (Å²) < 4.78 is 32.4. The standard InChI is InChI=1S/C21H26N2O4S/c1-4-23(5-2)28(25,26)17-11-12-19(27-3)18(15-17)22-20(24)21(13-14-21)16-9-7-6-8-10-16/h6-12,15H,4-5,13-14H2,1-3H3,(H,22,24). The maximum absolute atomic E-state index is 13.0. The number of sulfonamides is 1. The molecule has 1 fully saturated rings. The summed E-state index contributed by atoms with van der Waals surface area (Å²) in [6, 6.07) is 14.2. The Hall–Kier alpha value is -2.38. The average molecular weight is 403 g/mol. The molecule has 1 aliphatic carbocycles. The van der Waals surface area contributed by atoms with Gasteiger partial charge in [0.2, 0.25) is 15.9 Å². The van der Waals surface area contributed by atoms with Gasteiger partial charge in [-0.05, 0) is 36.6 Å². The molecule has 1 amide bonds. The van der Waals surface area contributed by atoms with Crippen LogP contribution in [0.15, 0.2) is 53.4 Å². The molecule has 2 aromatic rings. The van der Waals surface area contributed by atoms with Gasteiger partial charge in [0, 0.05) is 13.1 Å². The van der Waals surface area contributed by atoms with E-state index in [9.17, 15) is 13.2 Å². The number of rotatable bonds is 8. The molecule has 1 saturated carbocycles. The van der Waals surface area contributed by atoms with Crippen molar-refractivity contribution in [3.05, 3.63) is 54.1 Å². The van der Waals surface area contributed by atoms with Gasteiger partial charge in [-0.3, -0.25) is 4.79 Å². The van der Waals surface area contributed by atoms with Crippen LogP contribution in [0, 0.1) is 0 Å². The predicted octanol–water partition coefficient (Wildman–Crippen LogP) is 3.40. The predicted molar refractivity (Wildman–Crippen MR) is 109 cm³/mol. The molecule has 1 aliphatic rings. The van der Waals surface area contributed by atoms with Gasteiger partial charge in [-0.2, -0.15) is 4.31 Å². The Labute approximate surface area is 166 Å². The molecule has 0 heterocycles. The first-order valence-electron chi connectivity index (χ1n) is 9.44. The van der Waals surface area contributed by atoms with Crippen LogP contribution in [0.3, 0.4) is 0 Å². The Kier molecular flexibility index (Phi) is 5.76. The fourth-order valence-electron chi connectivity index (χ4n) is 3.43. The first-order chi connectivity index (χ1) is 13.4. The van der Waals surface area contributed by atoms with Gasteiger partial charge in [0.1, 0.15) is 5.75 Å². The van der Waals surface area contributed by atoms with Gasteiger partial charge in [0.05, 0.1) is 23.1 Å². The largest absolute Gasteiger partial charge is 0.495 e. The molecule has 0 aliphatic heterocycles. The molecule has 1 N–H and O–H groups in total. The number of carbonyl (C=O) groups is 1. The Morgan fingerprint density at radius 3 is 2.29 bits per heavy atom. The second-order valence-corrected chi connectivity index (χ2v) is 8.79. The molecule has 0 atom stereocenters. The lowest BCUT2D eigenvalue weighted by molar-refractivity contribution is -0.118. The van der Waals surface area contributed by atoms with E-state index in [2.05, 4.69) is 5.32 Å². The van der Waals surface area contributed by atoms with Crippen LogP contribution in [-0.2, 0) is 20.2 Å². The summed E-state index contributed by atoms with van der Waals surface area (Å²) in [5.74, 6) is 0.282. The van der Waals surface area contributed by atoms with E-state index in [0.717, 1.165) is 18.4 Å². The van der Waals surface area contributed by atoms with Crippen LogP contribution in [0.25, 0.3) is 0 Å². The second kappa shape index (κ2) is 7.93. The van der Waals surface area contributed by atoms with Gasteiger partial charge in [-0.1, -0.05) is 44.2 Å². The quantitative estimate of drug-likeness (QED) is 0.734. The van der Waals surface area contributed by atoms with E-state index < -0.39 is 15.4 Å². The Bertz CT molecular complexity index is 950. The molecule has 0 spiro atoms. The summed E-state index contributed by atoms with van der Waals surface area (Å²) in [6.45, 7) is 4.35. The van der Waals surface area contributed by atoms with Gasteiger partial charge in [-0.25, -0.2) is 8.42 Å². The number of anilines is 1. The summed E-state index contributed by atoms with van der Waals surface area (Å²) in [5, 5.41) is 2.90. The van der Waals surface area contributed by atoms with Gasteiger partial charge < -0.3 is 10.1 Å². The molecule has 150 valence electrons. The number of benzene rings is 2. The van der Waals surface area contributed by atoms with Crippen molar-refractivity contribution in [3.63, 3.8) is 0 Å². The van der Waals surface area contributed by atoms with E-state index in [0.29, 0.717) is 24.5 Å². The normalized spacial score (nSPS) is 15.3. The van der Waals surface area contributed by atoms with Crippen molar-refractivity contribution in [1.82, 2.24) is 4.31 Å². The lowest BCUT2D eigenvalue weighted by atomic mass is 9.95. The summed E-state index contributed by atoms with van der Waals surface area (Å²) in [7, 11) is -2.14. The lowest BCUT2D eigenvalue weighted by Crippen LogP contribution is -2.31. The SMILES string of the molecule is CCN(CC)S(=O)(=O)c1ccc(OC)c(NC(=O)C2(c3ccccc3)CC2)c1. The van der Waals surface area contributed by atoms with E-state index in [1.807, 2.05) is 30.3 Å². The smallest absolute Gasteiger partial charge is 0.243 e. The topological polar surface area (TPSA) is 75.7 Å². The van der Waals surface area contributed by atoms with E-state index in [4.69, 9.17) is 4.74 Å². The zero-order chi connectivity index (χ0) is 20.4. The minimum atomic E-state index is -3.63. The monoisotopic (exact) mass is 402 g/mol. The van der Waals surface area contributed by atoms with Crippen molar-refractivity contribution < 1.29 is 17.9 Å². The summed E-state index contributed by atoms with van der Waals surface area (Å²) >= 11 is 0. The Morgan fingerprint density at radius 1 is 1.11 bits per heavy atom. The second-order valence-electron chi connectivity index (χ2n) is 6.85. The van der Waals surface area contributed by atoms with Gasteiger partial charge >= 0.3 is 0 Å². The number of nitrogens with one attached hydrogen (secondary N) is 1. The van der Waals surface area contributed by atoms with Crippen molar-refractivity contribution in [2.45, 2.75) is 37.0 Å². The van der Waals surface area contributed by atoms with Crippen molar-refractivity contribution >= 4 is 21.6 Å². The summed E-state index contributed by atoms with van der Waals surface area (Å²) in [4.78, 5) is 13.2. The maximum atomic E-state index is 13.0. The molecule has 0 radical (unpaired) electrons. The molecule has 7 heteroatoms. The van der Waals surface area contributed by atoms with Crippen molar-refractivity contribution in [2.24, 2.45) is 0 Å². The molecular formula is C21H26N2O4S. The van der Waals surface area contributed by atoms with Gasteiger partial charge in [0.15, 0.2) is 0 Å². The molecule has 2 aromatic carbocycles. The first kappa shape index (κ1) is 20.4. The van der Waals surface area contributed by atoms with Gasteiger partial charge in [-0.15, -0.1) is 0 Å². The Morgan fingerprint density at radius 2 is 1.75 bits per heavy atom. The highest BCUT2D eigenvalue weighted by Gasteiger charge is 2.51. The number of hydrogen-bond acceptors (Lipinski definition) is 4. The average Bonchev–Trinajstić information content (AvgIpc) is 3.51. The molecular weight excluding hydrogens is 376 g/mol. The van der Waals surface area contributed by atoms with Crippen LogP contribution in [0.2, 0.25) is 0 Å². The maximum Gasteiger partial charge on any atom is 0.243 e. The number of nitrogens with zero attached hydrogens (tertiary/aromatic N) is 1. The zero-order valence-corrected chi connectivity index (χ0v) is 17.3. The van der Waals surface area contributed by atoms with E-state index >= 15 is 0 Å². The number of amides is 1. The number of ether oxygens (including phenoxy) is 1. The van der Waals surface area contributed by atoms with Crippen LogP contribution < -0.4 is 10.1 Å².